The van der Waals surface area contributed by atoms with Gasteiger partial charge in [0.15, 0.2) is 5.69 Å². The van der Waals surface area contributed by atoms with E-state index in [0.717, 1.165) is 16.9 Å². The molecule has 1 aromatic heterocycles. The Bertz CT molecular complexity index is 658. The summed E-state index contributed by atoms with van der Waals surface area (Å²) in [6.45, 7) is 7.07. The number of hydrogen-bond acceptors (Lipinski definition) is 3. The first kappa shape index (κ1) is 12.6. The van der Waals surface area contributed by atoms with Gasteiger partial charge in [-0.2, -0.15) is 5.26 Å². The van der Waals surface area contributed by atoms with Crippen molar-refractivity contribution in [3.8, 4) is 17.3 Å². The van der Waals surface area contributed by atoms with Gasteiger partial charge in [-0.25, -0.2) is 4.85 Å². The molecule has 0 atom stereocenters. The zero-order chi connectivity index (χ0) is 13.8. The molecule has 0 N–H and O–H groups in total. The van der Waals surface area contributed by atoms with Gasteiger partial charge in [-0.3, -0.25) is 4.98 Å². The largest absolute Gasteiger partial charge is 0.378 e. The van der Waals surface area contributed by atoms with E-state index in [0.29, 0.717) is 11.3 Å². The first-order valence-corrected chi connectivity index (χ1v) is 5.70. The fraction of sp³-hybridized carbons (Fsp3) is 0.133. The molecular weight excluding hydrogens is 236 g/mol. The first-order chi connectivity index (χ1) is 9.13. The number of anilines is 1. The van der Waals surface area contributed by atoms with E-state index in [1.807, 2.05) is 31.1 Å². The molecule has 1 aromatic carbocycles. The van der Waals surface area contributed by atoms with Gasteiger partial charge in [-0.15, -0.1) is 0 Å². The third kappa shape index (κ3) is 2.70. The molecule has 0 bridgehead atoms. The Kier molecular flexibility index (Phi) is 3.45. The Hall–Kier alpha value is -2.85. The summed E-state index contributed by atoms with van der Waals surface area (Å²) in [5.74, 6) is 0. The molecule has 0 unspecified atom stereocenters. The average molecular weight is 248 g/mol. The SMILES string of the molecule is [C-]#[N+]c1cc(C#N)cc(-c2cc(N(C)C)ccn2)c1. The second-order valence-electron chi connectivity index (χ2n) is 4.29. The van der Waals surface area contributed by atoms with Crippen molar-refractivity contribution in [3.05, 3.63) is 53.5 Å². The summed E-state index contributed by atoms with van der Waals surface area (Å²) >= 11 is 0. The molecule has 0 radical (unpaired) electrons. The van der Waals surface area contributed by atoms with Gasteiger partial charge < -0.3 is 4.90 Å². The van der Waals surface area contributed by atoms with Crippen LogP contribution in [0.15, 0.2) is 36.5 Å². The second-order valence-corrected chi connectivity index (χ2v) is 4.29. The lowest BCUT2D eigenvalue weighted by Gasteiger charge is -2.13. The molecule has 4 heteroatoms. The fourth-order valence-corrected chi connectivity index (χ4v) is 1.74. The smallest absolute Gasteiger partial charge is 0.189 e. The van der Waals surface area contributed by atoms with Crippen molar-refractivity contribution in [1.29, 1.82) is 5.26 Å². The number of nitriles is 1. The summed E-state index contributed by atoms with van der Waals surface area (Å²) in [6, 6.07) is 11.0. The van der Waals surface area contributed by atoms with E-state index < -0.39 is 0 Å². The summed E-state index contributed by atoms with van der Waals surface area (Å²) in [4.78, 5) is 9.67. The molecule has 1 heterocycles. The third-order valence-corrected chi connectivity index (χ3v) is 2.73. The molecule has 0 amide bonds. The lowest BCUT2D eigenvalue weighted by molar-refractivity contribution is 1.12. The number of nitrogens with zero attached hydrogens (tertiary/aromatic N) is 4. The Morgan fingerprint density at radius 2 is 2.05 bits per heavy atom. The van der Waals surface area contributed by atoms with Crippen LogP contribution in [0.5, 0.6) is 0 Å². The van der Waals surface area contributed by atoms with Crippen LogP contribution >= 0.6 is 0 Å². The van der Waals surface area contributed by atoms with Crippen molar-refractivity contribution in [2.24, 2.45) is 0 Å². The van der Waals surface area contributed by atoms with Gasteiger partial charge in [0, 0.05) is 31.5 Å². The van der Waals surface area contributed by atoms with Crippen LogP contribution in [0.3, 0.4) is 0 Å². The predicted octanol–water partition coefficient (Wildman–Crippen LogP) is 3.24. The molecule has 2 aromatic rings. The van der Waals surface area contributed by atoms with Gasteiger partial charge in [-0.05, 0) is 35.9 Å². The van der Waals surface area contributed by atoms with Crippen molar-refractivity contribution in [2.75, 3.05) is 19.0 Å². The minimum atomic E-state index is 0.450. The van der Waals surface area contributed by atoms with Crippen LogP contribution in [0, 0.1) is 17.9 Å². The maximum absolute atomic E-state index is 8.99. The van der Waals surface area contributed by atoms with Gasteiger partial charge in [0.25, 0.3) is 0 Å². The quantitative estimate of drug-likeness (QED) is 0.766. The van der Waals surface area contributed by atoms with Gasteiger partial charge in [0.1, 0.15) is 0 Å². The van der Waals surface area contributed by atoms with E-state index in [9.17, 15) is 0 Å². The van der Waals surface area contributed by atoms with Crippen LogP contribution in [0.25, 0.3) is 16.1 Å². The highest BCUT2D eigenvalue weighted by Gasteiger charge is 2.06. The molecule has 0 spiro atoms. The topological polar surface area (TPSA) is 44.3 Å². The summed E-state index contributed by atoms with van der Waals surface area (Å²) in [5.41, 5.74) is 3.49. The minimum absolute atomic E-state index is 0.450. The molecule has 0 saturated carbocycles. The van der Waals surface area contributed by atoms with E-state index in [2.05, 4.69) is 15.9 Å². The van der Waals surface area contributed by atoms with Crippen molar-refractivity contribution < 1.29 is 0 Å². The van der Waals surface area contributed by atoms with Crippen molar-refractivity contribution in [1.82, 2.24) is 4.98 Å². The van der Waals surface area contributed by atoms with Gasteiger partial charge >= 0.3 is 0 Å². The van der Waals surface area contributed by atoms with Crippen molar-refractivity contribution >= 4 is 11.4 Å². The van der Waals surface area contributed by atoms with Gasteiger partial charge in [0.2, 0.25) is 0 Å². The molecule has 0 fully saturated rings. The van der Waals surface area contributed by atoms with Crippen molar-refractivity contribution in [2.45, 2.75) is 0 Å². The highest BCUT2D eigenvalue weighted by Crippen LogP contribution is 2.26. The van der Waals surface area contributed by atoms with Crippen LogP contribution in [0.1, 0.15) is 5.56 Å². The van der Waals surface area contributed by atoms with Crippen LogP contribution in [-0.4, -0.2) is 19.1 Å². The summed E-state index contributed by atoms with van der Waals surface area (Å²) in [5, 5.41) is 8.99. The molecule has 0 aliphatic heterocycles. The highest BCUT2D eigenvalue weighted by molar-refractivity contribution is 5.70. The maximum atomic E-state index is 8.99. The van der Waals surface area contributed by atoms with E-state index >= 15 is 0 Å². The Morgan fingerprint density at radius 3 is 2.68 bits per heavy atom. The van der Waals surface area contributed by atoms with Gasteiger partial charge in [-0.1, -0.05) is 0 Å². The number of hydrogen-bond donors (Lipinski definition) is 0. The van der Waals surface area contributed by atoms with Crippen LogP contribution in [-0.2, 0) is 0 Å². The zero-order valence-electron chi connectivity index (χ0n) is 10.8. The zero-order valence-corrected chi connectivity index (χ0v) is 10.8. The molecule has 2 rings (SSSR count). The predicted molar refractivity (Wildman–Crippen MR) is 75.0 cm³/mol. The number of rotatable bonds is 2. The van der Waals surface area contributed by atoms with E-state index in [4.69, 9.17) is 11.8 Å². The summed E-state index contributed by atoms with van der Waals surface area (Å²) in [6.07, 6.45) is 1.72. The maximum Gasteiger partial charge on any atom is 0.189 e. The molecule has 92 valence electrons. The highest BCUT2D eigenvalue weighted by atomic mass is 15.1. The van der Waals surface area contributed by atoms with E-state index in [-0.39, 0.29) is 0 Å². The normalized spacial score (nSPS) is 9.47. The Labute approximate surface area is 112 Å². The van der Waals surface area contributed by atoms with Gasteiger partial charge in [0.05, 0.1) is 18.3 Å². The molecule has 0 aliphatic carbocycles. The first-order valence-electron chi connectivity index (χ1n) is 5.70. The minimum Gasteiger partial charge on any atom is -0.378 e. The lowest BCUT2D eigenvalue weighted by Crippen LogP contribution is -2.08. The summed E-state index contributed by atoms with van der Waals surface area (Å²) < 4.78 is 0. The molecule has 19 heavy (non-hydrogen) atoms. The Balaban J connectivity index is 2.56. The van der Waals surface area contributed by atoms with Crippen LogP contribution in [0.2, 0.25) is 0 Å². The fourth-order valence-electron chi connectivity index (χ4n) is 1.74. The van der Waals surface area contributed by atoms with Crippen molar-refractivity contribution in [3.63, 3.8) is 0 Å². The molecule has 4 nitrogen and oxygen atoms in total. The monoisotopic (exact) mass is 248 g/mol. The number of aromatic nitrogens is 1. The second kappa shape index (κ2) is 5.20. The molecule has 0 aliphatic rings. The number of benzene rings is 1. The number of pyridine rings is 1. The molecule has 0 saturated heterocycles. The lowest BCUT2D eigenvalue weighted by atomic mass is 10.1. The van der Waals surface area contributed by atoms with E-state index in [1.54, 1.807) is 24.4 Å². The Morgan fingerprint density at radius 1 is 1.26 bits per heavy atom. The summed E-state index contributed by atoms with van der Waals surface area (Å²) in [7, 11) is 3.91. The third-order valence-electron chi connectivity index (χ3n) is 2.73. The van der Waals surface area contributed by atoms with Crippen LogP contribution in [0.4, 0.5) is 11.4 Å². The standard InChI is InChI=1S/C15H12N4/c1-17-13-7-11(10-16)6-12(8-13)15-9-14(19(2)3)4-5-18-15/h4-9H,2-3H3. The average Bonchev–Trinajstić information content (AvgIpc) is 2.46. The van der Waals surface area contributed by atoms with Crippen LogP contribution < -0.4 is 4.90 Å². The molecular formula is C15H12N4. The van der Waals surface area contributed by atoms with E-state index in [1.165, 1.54) is 0 Å².